The maximum absolute atomic E-state index is 13.4. The lowest BCUT2D eigenvalue weighted by molar-refractivity contribution is -0.118. The highest BCUT2D eigenvalue weighted by Gasteiger charge is 2.40. The number of fused-ring (bicyclic) bond motifs is 1. The average Bonchev–Trinajstić information content (AvgIpc) is 3.32. The van der Waals surface area contributed by atoms with Gasteiger partial charge in [0.2, 0.25) is 5.13 Å². The van der Waals surface area contributed by atoms with E-state index in [9.17, 15) is 4.79 Å². The number of thiazole rings is 1. The number of hydrogen-bond acceptors (Lipinski definition) is 6. The van der Waals surface area contributed by atoms with Gasteiger partial charge in [0.05, 0.1) is 15.9 Å². The second-order valence-electron chi connectivity index (χ2n) is 6.77. The van der Waals surface area contributed by atoms with Gasteiger partial charge in [0, 0.05) is 26.0 Å². The molecule has 1 unspecified atom stereocenters. The Labute approximate surface area is 173 Å². The maximum atomic E-state index is 13.4. The van der Waals surface area contributed by atoms with Crippen LogP contribution in [0.25, 0.3) is 10.2 Å². The summed E-state index contributed by atoms with van der Waals surface area (Å²) < 4.78 is 6.12. The summed E-state index contributed by atoms with van der Waals surface area (Å²) in [6.07, 6.45) is 0.814. The summed E-state index contributed by atoms with van der Waals surface area (Å²) in [5.74, 6) is -0.622. The number of aromatic nitrogens is 1. The van der Waals surface area contributed by atoms with Crippen molar-refractivity contribution in [2.45, 2.75) is 13.3 Å². The zero-order valence-corrected chi connectivity index (χ0v) is 17.2. The number of hydrogen-bond donors (Lipinski definition) is 0. The van der Waals surface area contributed by atoms with Crippen molar-refractivity contribution >= 4 is 44.0 Å². The van der Waals surface area contributed by atoms with Crippen LogP contribution in [-0.2, 0) is 9.53 Å². The van der Waals surface area contributed by atoms with Crippen LogP contribution in [0.2, 0.25) is 0 Å². The van der Waals surface area contributed by atoms with Crippen LogP contribution in [0.1, 0.15) is 18.9 Å². The third kappa shape index (κ3) is 3.97. The molecule has 0 fully saturated rings. The first kappa shape index (κ1) is 19.4. The quantitative estimate of drug-likeness (QED) is 0.437. The van der Waals surface area contributed by atoms with Crippen LogP contribution in [0.3, 0.4) is 0 Å². The average molecular weight is 407 g/mol. The molecule has 0 N–H and O–H groups in total. The number of para-hydroxylation sites is 1. The topological polar surface area (TPSA) is 67.2 Å². The molecule has 4 rings (SSSR count). The summed E-state index contributed by atoms with van der Waals surface area (Å²) in [6, 6.07) is 17.6. The van der Waals surface area contributed by atoms with Crippen LogP contribution in [0.15, 0.2) is 64.7 Å². The van der Waals surface area contributed by atoms with E-state index >= 15 is 0 Å². The normalized spacial score (nSPS) is 17.2. The van der Waals surface area contributed by atoms with Gasteiger partial charge in [-0.05, 0) is 31.0 Å². The minimum Gasteiger partial charge on any atom is -0.385 e. The zero-order valence-electron chi connectivity index (χ0n) is 16.4. The molecule has 29 heavy (non-hydrogen) atoms. The zero-order chi connectivity index (χ0) is 20.2. The highest BCUT2D eigenvalue weighted by Crippen LogP contribution is 2.33. The Hall–Kier alpha value is -2.90. The molecule has 0 spiro atoms. The van der Waals surface area contributed by atoms with Crippen LogP contribution in [0.4, 0.5) is 5.13 Å². The summed E-state index contributed by atoms with van der Waals surface area (Å²) in [4.78, 5) is 22.6. The van der Waals surface area contributed by atoms with Crippen molar-refractivity contribution in [3.8, 4) is 0 Å². The van der Waals surface area contributed by atoms with Gasteiger partial charge in [0.25, 0.3) is 5.91 Å². The molecule has 6 nitrogen and oxygen atoms in total. The number of anilines is 1. The second-order valence-corrected chi connectivity index (χ2v) is 7.78. The maximum Gasteiger partial charge on any atom is 0.264 e. The van der Waals surface area contributed by atoms with Gasteiger partial charge < -0.3 is 4.74 Å². The molecule has 0 bridgehead atoms. The fourth-order valence-corrected chi connectivity index (χ4v) is 4.23. The van der Waals surface area contributed by atoms with E-state index in [4.69, 9.17) is 9.84 Å². The number of methoxy groups -OCH3 is 1. The number of carbonyl (C=O) groups excluding carboxylic acids is 1. The first-order valence-corrected chi connectivity index (χ1v) is 10.3. The van der Waals surface area contributed by atoms with E-state index in [1.807, 2.05) is 61.5 Å². The molecule has 2 heterocycles. The number of aliphatic imine (C=N–C) groups is 1. The van der Waals surface area contributed by atoms with Crippen molar-refractivity contribution in [2.75, 3.05) is 25.3 Å². The lowest BCUT2D eigenvalue weighted by Crippen LogP contribution is -2.32. The third-order valence-corrected chi connectivity index (χ3v) is 5.77. The smallest absolute Gasteiger partial charge is 0.264 e. The van der Waals surface area contributed by atoms with Crippen molar-refractivity contribution in [1.29, 1.82) is 0 Å². The molecular formula is C22H22N4O2S. The molecule has 148 valence electrons. The van der Waals surface area contributed by atoms with Crippen molar-refractivity contribution in [1.82, 2.24) is 4.98 Å². The summed E-state index contributed by atoms with van der Waals surface area (Å²) in [5.41, 5.74) is 3.26. The number of benzene rings is 2. The number of carbonyl (C=O) groups is 1. The molecule has 0 aliphatic carbocycles. The standard InChI is InChI=1S/C22H22N4O2S/c1-15(23-13-8-14-28-2)19-20(16-9-4-3-5-10-16)25-26(21(19)27)22-24-17-11-6-7-12-18(17)29-22/h3-7,9-12,19H,8,13-14H2,1-2H3. The predicted octanol–water partition coefficient (Wildman–Crippen LogP) is 4.16. The molecule has 2 aromatic carbocycles. The van der Waals surface area contributed by atoms with Crippen molar-refractivity contribution in [3.05, 3.63) is 60.2 Å². The van der Waals surface area contributed by atoms with E-state index in [2.05, 4.69) is 9.98 Å². The Bertz CT molecular complexity index is 1040. The molecule has 0 radical (unpaired) electrons. The largest absolute Gasteiger partial charge is 0.385 e. The van der Waals surface area contributed by atoms with Crippen LogP contribution in [0, 0.1) is 5.92 Å². The van der Waals surface area contributed by atoms with Crippen molar-refractivity contribution < 1.29 is 9.53 Å². The molecule has 3 aromatic rings. The van der Waals surface area contributed by atoms with Gasteiger partial charge in [-0.1, -0.05) is 53.8 Å². The number of rotatable bonds is 7. The monoisotopic (exact) mass is 406 g/mol. The van der Waals surface area contributed by atoms with Gasteiger partial charge in [-0.15, -0.1) is 0 Å². The highest BCUT2D eigenvalue weighted by atomic mass is 32.1. The molecule has 0 saturated carbocycles. The van der Waals surface area contributed by atoms with Crippen LogP contribution in [0.5, 0.6) is 0 Å². The Morgan fingerprint density at radius 1 is 1.17 bits per heavy atom. The highest BCUT2D eigenvalue weighted by molar-refractivity contribution is 7.22. The third-order valence-electron chi connectivity index (χ3n) is 4.76. The van der Waals surface area contributed by atoms with Crippen molar-refractivity contribution in [3.63, 3.8) is 0 Å². The molecule has 7 heteroatoms. The van der Waals surface area contributed by atoms with Gasteiger partial charge in [0.15, 0.2) is 0 Å². The molecular weight excluding hydrogens is 384 g/mol. The van der Waals surface area contributed by atoms with E-state index in [0.717, 1.165) is 27.9 Å². The fourth-order valence-electron chi connectivity index (χ4n) is 3.31. The summed E-state index contributed by atoms with van der Waals surface area (Å²) in [5, 5.41) is 6.71. The number of amides is 1. The minimum absolute atomic E-state index is 0.115. The van der Waals surface area contributed by atoms with E-state index < -0.39 is 5.92 Å². The van der Waals surface area contributed by atoms with Crippen LogP contribution < -0.4 is 5.01 Å². The van der Waals surface area contributed by atoms with Crippen LogP contribution in [-0.4, -0.2) is 42.6 Å². The Morgan fingerprint density at radius 2 is 1.93 bits per heavy atom. The number of ether oxygens (including phenoxy) is 1. The van der Waals surface area contributed by atoms with Crippen molar-refractivity contribution in [2.24, 2.45) is 16.0 Å². The van der Waals surface area contributed by atoms with E-state index in [0.29, 0.717) is 24.0 Å². The molecule has 1 aliphatic rings. The SMILES string of the molecule is COCCCN=C(C)C1C(=O)N(c2nc3ccccc3s2)N=C1c1ccccc1. The summed E-state index contributed by atoms with van der Waals surface area (Å²) >= 11 is 1.46. The van der Waals surface area contributed by atoms with Crippen LogP contribution >= 0.6 is 11.3 Å². The number of nitrogens with zero attached hydrogens (tertiary/aromatic N) is 4. The molecule has 1 atom stereocenters. The van der Waals surface area contributed by atoms with Gasteiger partial charge in [-0.3, -0.25) is 9.79 Å². The van der Waals surface area contributed by atoms with E-state index in [-0.39, 0.29) is 5.91 Å². The molecule has 1 aliphatic heterocycles. The summed E-state index contributed by atoms with van der Waals surface area (Å²) in [6.45, 7) is 3.16. The Kier molecular flexibility index (Phi) is 5.78. The molecule has 0 saturated heterocycles. The Balaban J connectivity index is 1.70. The first-order valence-electron chi connectivity index (χ1n) is 9.52. The molecule has 1 amide bonds. The molecule has 1 aromatic heterocycles. The fraction of sp³-hybridized carbons (Fsp3) is 0.273. The minimum atomic E-state index is -0.507. The van der Waals surface area contributed by atoms with E-state index in [1.165, 1.54) is 16.3 Å². The Morgan fingerprint density at radius 3 is 2.69 bits per heavy atom. The summed E-state index contributed by atoms with van der Waals surface area (Å²) in [7, 11) is 1.67. The number of hydrazone groups is 1. The van der Waals surface area contributed by atoms with Gasteiger partial charge in [0.1, 0.15) is 5.92 Å². The lowest BCUT2D eigenvalue weighted by atomic mass is 9.93. The van der Waals surface area contributed by atoms with E-state index in [1.54, 1.807) is 7.11 Å². The first-order chi connectivity index (χ1) is 14.2. The van der Waals surface area contributed by atoms with Gasteiger partial charge in [-0.2, -0.15) is 10.1 Å². The predicted molar refractivity (Wildman–Crippen MR) is 118 cm³/mol. The lowest BCUT2D eigenvalue weighted by Gasteiger charge is -2.12. The second kappa shape index (κ2) is 8.63. The van der Waals surface area contributed by atoms with Gasteiger partial charge in [-0.25, -0.2) is 4.98 Å². The van der Waals surface area contributed by atoms with Gasteiger partial charge >= 0.3 is 0 Å².